The fraction of sp³-hybridized carbons (Fsp3) is 0.818. The van der Waals surface area contributed by atoms with E-state index in [0.29, 0.717) is 25.3 Å². The molecule has 0 radical (unpaired) electrons. The van der Waals surface area contributed by atoms with Crippen molar-refractivity contribution in [3.8, 4) is 0 Å². The lowest BCUT2D eigenvalue weighted by Gasteiger charge is -2.07. The molecule has 0 fully saturated rings. The summed E-state index contributed by atoms with van der Waals surface area (Å²) in [7, 11) is 1.65. The van der Waals surface area contributed by atoms with Crippen molar-refractivity contribution in [3.05, 3.63) is 11.4 Å². The van der Waals surface area contributed by atoms with Crippen molar-refractivity contribution >= 4 is 0 Å². The van der Waals surface area contributed by atoms with Crippen molar-refractivity contribution in [2.45, 2.75) is 32.9 Å². The van der Waals surface area contributed by atoms with Gasteiger partial charge in [-0.1, -0.05) is 5.21 Å². The lowest BCUT2D eigenvalue weighted by Crippen LogP contribution is -2.10. The molecule has 0 atom stereocenters. The fourth-order valence-electron chi connectivity index (χ4n) is 1.60. The zero-order chi connectivity index (χ0) is 12.5. The van der Waals surface area contributed by atoms with Crippen molar-refractivity contribution in [3.63, 3.8) is 0 Å². The lowest BCUT2D eigenvalue weighted by atomic mass is 10.2. The summed E-state index contributed by atoms with van der Waals surface area (Å²) in [6, 6.07) is 0. The molecule has 0 aliphatic rings. The molecule has 0 saturated heterocycles. The maximum Gasteiger partial charge on any atom is 0.111 e. The molecule has 1 aromatic heterocycles. The Bertz CT molecular complexity index is 315. The third-order valence-electron chi connectivity index (χ3n) is 2.47. The fourth-order valence-corrected chi connectivity index (χ4v) is 1.60. The van der Waals surface area contributed by atoms with Gasteiger partial charge in [-0.25, -0.2) is 4.68 Å². The highest BCUT2D eigenvalue weighted by Gasteiger charge is 2.11. The SMILES string of the molecule is CCOCCCn1nnc(CO)c1CCOC. The van der Waals surface area contributed by atoms with E-state index >= 15 is 0 Å². The minimum Gasteiger partial charge on any atom is -0.390 e. The topological polar surface area (TPSA) is 69.4 Å². The van der Waals surface area contributed by atoms with Gasteiger partial charge in [-0.05, 0) is 13.3 Å². The van der Waals surface area contributed by atoms with Gasteiger partial charge in [0.1, 0.15) is 5.69 Å². The number of aromatic nitrogens is 3. The third-order valence-corrected chi connectivity index (χ3v) is 2.47. The number of aliphatic hydroxyl groups is 1. The van der Waals surface area contributed by atoms with Crippen LogP contribution < -0.4 is 0 Å². The number of aliphatic hydroxyl groups excluding tert-OH is 1. The first-order valence-corrected chi connectivity index (χ1v) is 5.92. The Balaban J connectivity index is 2.53. The first kappa shape index (κ1) is 14.1. The summed E-state index contributed by atoms with van der Waals surface area (Å²) < 4.78 is 12.1. The summed E-state index contributed by atoms with van der Waals surface area (Å²) in [5.74, 6) is 0. The highest BCUT2D eigenvalue weighted by molar-refractivity contribution is 5.09. The molecule has 6 nitrogen and oxygen atoms in total. The number of rotatable bonds is 9. The summed E-state index contributed by atoms with van der Waals surface area (Å²) in [4.78, 5) is 0. The van der Waals surface area contributed by atoms with Gasteiger partial charge in [0.25, 0.3) is 0 Å². The van der Waals surface area contributed by atoms with Crippen molar-refractivity contribution in [1.82, 2.24) is 15.0 Å². The van der Waals surface area contributed by atoms with Gasteiger partial charge in [0.05, 0.1) is 18.9 Å². The van der Waals surface area contributed by atoms with E-state index in [0.717, 1.165) is 25.3 Å². The summed E-state index contributed by atoms with van der Waals surface area (Å²) in [5, 5.41) is 17.1. The van der Waals surface area contributed by atoms with Gasteiger partial charge < -0.3 is 14.6 Å². The van der Waals surface area contributed by atoms with E-state index in [4.69, 9.17) is 14.6 Å². The van der Waals surface area contributed by atoms with Crippen LogP contribution in [0.15, 0.2) is 0 Å². The van der Waals surface area contributed by atoms with E-state index in [9.17, 15) is 0 Å². The number of hydrogen-bond acceptors (Lipinski definition) is 5. The monoisotopic (exact) mass is 243 g/mol. The van der Waals surface area contributed by atoms with E-state index in [1.54, 1.807) is 7.11 Å². The van der Waals surface area contributed by atoms with Crippen LogP contribution in [0, 0.1) is 0 Å². The molecule has 0 spiro atoms. The van der Waals surface area contributed by atoms with Crippen LogP contribution in [0.1, 0.15) is 24.7 Å². The second-order valence-electron chi connectivity index (χ2n) is 3.66. The molecule has 0 amide bonds. The maximum atomic E-state index is 9.16. The summed E-state index contributed by atoms with van der Waals surface area (Å²) >= 11 is 0. The summed E-state index contributed by atoms with van der Waals surface area (Å²) in [6.45, 7) is 4.70. The predicted octanol–water partition coefficient (Wildman–Crippen LogP) is 0.386. The summed E-state index contributed by atoms with van der Waals surface area (Å²) in [6.07, 6.45) is 1.61. The molecular weight excluding hydrogens is 222 g/mol. The van der Waals surface area contributed by atoms with Crippen LogP contribution in [0.4, 0.5) is 0 Å². The molecule has 0 unspecified atom stereocenters. The van der Waals surface area contributed by atoms with Crippen LogP contribution in [0.5, 0.6) is 0 Å². The van der Waals surface area contributed by atoms with Gasteiger partial charge in [-0.2, -0.15) is 0 Å². The minimum absolute atomic E-state index is 0.0789. The van der Waals surface area contributed by atoms with E-state index in [1.807, 2.05) is 11.6 Å². The van der Waals surface area contributed by atoms with Crippen molar-refractivity contribution in [2.24, 2.45) is 0 Å². The van der Waals surface area contributed by atoms with Gasteiger partial charge in [0.2, 0.25) is 0 Å². The Morgan fingerprint density at radius 2 is 2.18 bits per heavy atom. The number of ether oxygens (including phenoxy) is 2. The molecule has 1 aromatic rings. The molecule has 17 heavy (non-hydrogen) atoms. The number of methoxy groups -OCH3 is 1. The first-order chi connectivity index (χ1) is 8.33. The number of hydrogen-bond donors (Lipinski definition) is 1. The smallest absolute Gasteiger partial charge is 0.111 e. The zero-order valence-corrected chi connectivity index (χ0v) is 10.6. The molecular formula is C11H21N3O3. The van der Waals surface area contributed by atoms with E-state index in [-0.39, 0.29) is 6.61 Å². The molecule has 0 saturated carbocycles. The van der Waals surface area contributed by atoms with Crippen LogP contribution in [0.2, 0.25) is 0 Å². The molecule has 6 heteroatoms. The molecule has 0 aliphatic heterocycles. The number of nitrogens with zero attached hydrogens (tertiary/aromatic N) is 3. The largest absolute Gasteiger partial charge is 0.390 e. The normalized spacial score (nSPS) is 11.0. The molecule has 0 aliphatic carbocycles. The highest BCUT2D eigenvalue weighted by Crippen LogP contribution is 2.07. The van der Waals surface area contributed by atoms with E-state index in [2.05, 4.69) is 10.3 Å². The Kier molecular flexibility index (Phi) is 6.76. The van der Waals surface area contributed by atoms with Crippen LogP contribution >= 0.6 is 0 Å². The first-order valence-electron chi connectivity index (χ1n) is 5.92. The molecule has 1 heterocycles. The van der Waals surface area contributed by atoms with Crippen LogP contribution in [-0.4, -0.2) is 47.0 Å². The third kappa shape index (κ3) is 4.41. The Hall–Kier alpha value is -0.980. The van der Waals surface area contributed by atoms with E-state index in [1.165, 1.54) is 0 Å². The minimum atomic E-state index is -0.0789. The van der Waals surface area contributed by atoms with Crippen LogP contribution in [0.3, 0.4) is 0 Å². The Morgan fingerprint density at radius 3 is 2.82 bits per heavy atom. The second-order valence-corrected chi connectivity index (χ2v) is 3.66. The van der Waals surface area contributed by atoms with Crippen LogP contribution in [0.25, 0.3) is 0 Å². The van der Waals surface area contributed by atoms with Gasteiger partial charge in [0, 0.05) is 33.3 Å². The Morgan fingerprint density at radius 1 is 1.35 bits per heavy atom. The average Bonchev–Trinajstić information content (AvgIpc) is 2.74. The molecule has 0 aromatic carbocycles. The van der Waals surface area contributed by atoms with Crippen molar-refractivity contribution in [2.75, 3.05) is 26.9 Å². The van der Waals surface area contributed by atoms with Crippen molar-refractivity contribution < 1.29 is 14.6 Å². The lowest BCUT2D eigenvalue weighted by molar-refractivity contribution is 0.140. The van der Waals surface area contributed by atoms with Gasteiger partial charge in [-0.3, -0.25) is 0 Å². The number of aryl methyl sites for hydroxylation is 1. The quantitative estimate of drug-likeness (QED) is 0.635. The molecule has 0 bridgehead atoms. The van der Waals surface area contributed by atoms with E-state index < -0.39 is 0 Å². The maximum absolute atomic E-state index is 9.16. The molecule has 1 N–H and O–H groups in total. The van der Waals surface area contributed by atoms with Gasteiger partial charge >= 0.3 is 0 Å². The molecule has 98 valence electrons. The molecule has 1 rings (SSSR count). The van der Waals surface area contributed by atoms with Gasteiger partial charge in [0.15, 0.2) is 0 Å². The summed E-state index contributed by atoms with van der Waals surface area (Å²) in [5.41, 5.74) is 1.59. The zero-order valence-electron chi connectivity index (χ0n) is 10.6. The highest BCUT2D eigenvalue weighted by atomic mass is 16.5. The second kappa shape index (κ2) is 8.16. The van der Waals surface area contributed by atoms with Crippen molar-refractivity contribution in [1.29, 1.82) is 0 Å². The standard InChI is InChI=1S/C11H21N3O3/c1-3-17-7-4-6-14-11(5-8-16-2)10(9-15)12-13-14/h15H,3-9H2,1-2H3. The van der Waals surface area contributed by atoms with Gasteiger partial charge in [-0.15, -0.1) is 5.10 Å². The Labute approximate surface area is 102 Å². The van der Waals surface area contributed by atoms with Crippen LogP contribution in [-0.2, 0) is 29.0 Å². The average molecular weight is 243 g/mol. The predicted molar refractivity (Wildman–Crippen MR) is 62.6 cm³/mol.